The Bertz CT molecular complexity index is 273. The van der Waals surface area contributed by atoms with E-state index in [1.807, 2.05) is 0 Å². The van der Waals surface area contributed by atoms with E-state index in [-0.39, 0.29) is 17.8 Å². The number of aromatic hydroxyl groups is 1. The van der Waals surface area contributed by atoms with Gasteiger partial charge in [-0.15, -0.1) is 12.3 Å². The van der Waals surface area contributed by atoms with E-state index in [1.165, 1.54) is 12.1 Å². The molecule has 0 saturated carbocycles. The predicted octanol–water partition coefficient (Wildman–Crippen LogP) is 1.32. The first kappa shape index (κ1) is 5.86. The Labute approximate surface area is 76.4 Å². The highest BCUT2D eigenvalue weighted by Crippen LogP contribution is 2.09. The summed E-state index contributed by atoms with van der Waals surface area (Å²) < 4.78 is 19.8. The highest BCUT2D eigenvalue weighted by Gasteiger charge is 1.89. The lowest BCUT2D eigenvalue weighted by Crippen LogP contribution is -2.01. The SMILES string of the molecule is [2H]Cl.[2H]c1cc(CCN)cc([2H])c1O. The van der Waals surface area contributed by atoms with Crippen molar-refractivity contribution in [2.45, 2.75) is 6.42 Å². The van der Waals surface area contributed by atoms with E-state index < -0.39 is 0 Å². The predicted molar refractivity (Wildman–Crippen MR) is 48.1 cm³/mol. The molecular weight excluding hydrogens is 162 g/mol. The number of nitrogens with two attached hydrogens (primary N) is 1. The van der Waals surface area contributed by atoms with Crippen molar-refractivity contribution in [3.8, 4) is 5.75 Å². The first-order chi connectivity index (χ1) is 6.65. The average Bonchev–Trinajstić information content (AvgIpc) is 2.18. The maximum atomic E-state index is 9.09. The normalized spacial score (nSPS) is 12.0. The molecule has 1 rings (SSSR count). The lowest BCUT2D eigenvalue weighted by atomic mass is 10.1. The Balaban J connectivity index is 0.000000791. The van der Waals surface area contributed by atoms with Crippen molar-refractivity contribution in [3.05, 3.63) is 29.8 Å². The Morgan fingerprint density at radius 3 is 2.55 bits per heavy atom. The summed E-state index contributed by atoms with van der Waals surface area (Å²) in [6.45, 7) is 0.490. The number of phenolic OH excluding ortho intramolecular Hbond substituents is 1. The van der Waals surface area contributed by atoms with Gasteiger partial charge in [0, 0.05) is 0 Å². The van der Waals surface area contributed by atoms with Gasteiger partial charge in [0.1, 0.15) is 6.92 Å². The molecule has 0 atom stereocenters. The van der Waals surface area contributed by atoms with Crippen molar-refractivity contribution < 1.29 is 7.85 Å². The second-order valence-corrected chi connectivity index (χ2v) is 2.04. The fourth-order valence-electron chi connectivity index (χ4n) is 0.716. The first-order valence-corrected chi connectivity index (χ1v) is 3.14. The molecule has 0 unspecified atom stereocenters. The third-order valence-corrected chi connectivity index (χ3v) is 1.22. The first-order valence-electron chi connectivity index (χ1n) is 4.52. The smallest absolute Gasteiger partial charge is 0.147 e. The van der Waals surface area contributed by atoms with Crippen molar-refractivity contribution in [1.29, 1.82) is 1.17 Å². The molecule has 0 aliphatic rings. The Morgan fingerprint density at radius 2 is 2.09 bits per heavy atom. The number of hydrogen-bond acceptors (Lipinski definition) is 2. The molecule has 1 aromatic carbocycles. The topological polar surface area (TPSA) is 46.2 Å². The summed E-state index contributed by atoms with van der Waals surface area (Å²) in [5.41, 5.74) is 6.14. The highest BCUT2D eigenvalue weighted by molar-refractivity contribution is 5.85. The van der Waals surface area contributed by atoms with E-state index in [9.17, 15) is 0 Å². The van der Waals surface area contributed by atoms with E-state index >= 15 is 0 Å². The van der Waals surface area contributed by atoms with Crippen molar-refractivity contribution in [2.75, 3.05) is 6.54 Å². The largest absolute Gasteiger partial charge is 0.508 e. The molecule has 0 amide bonds. The van der Waals surface area contributed by atoms with Gasteiger partial charge in [0.2, 0.25) is 0 Å². The van der Waals surface area contributed by atoms with Crippen molar-refractivity contribution in [1.82, 2.24) is 0 Å². The van der Waals surface area contributed by atoms with Crippen molar-refractivity contribution >= 4 is 12.3 Å². The molecule has 0 aromatic heterocycles. The Hall–Kier alpha value is -0.730. The molecular formula is C8H12ClNO. The van der Waals surface area contributed by atoms with Gasteiger partial charge in [-0.2, -0.15) is 0 Å². The van der Waals surface area contributed by atoms with Gasteiger partial charge >= 0.3 is 0 Å². The van der Waals surface area contributed by atoms with Crippen molar-refractivity contribution in [3.63, 3.8) is 0 Å². The summed E-state index contributed by atoms with van der Waals surface area (Å²) in [6, 6.07) is 3.04. The minimum absolute atomic E-state index is 0.00838. The van der Waals surface area contributed by atoms with Crippen LogP contribution in [0.15, 0.2) is 24.2 Å². The second-order valence-electron chi connectivity index (χ2n) is 2.04. The van der Waals surface area contributed by atoms with Crippen LogP contribution in [0.3, 0.4) is 0 Å². The zero-order chi connectivity index (χ0) is 11.1. The molecule has 0 aliphatic heterocycles. The van der Waals surface area contributed by atoms with Gasteiger partial charge in [0.15, 0.2) is 0 Å². The van der Waals surface area contributed by atoms with E-state index in [0.29, 0.717) is 13.0 Å². The molecule has 1 aromatic rings. The lowest BCUT2D eigenvalue weighted by molar-refractivity contribution is 0.475. The number of benzene rings is 1. The minimum Gasteiger partial charge on any atom is -0.508 e. The molecule has 0 radical (unpaired) electrons. The molecule has 0 aliphatic carbocycles. The van der Waals surface area contributed by atoms with Crippen LogP contribution >= 0.6 is 12.3 Å². The molecule has 0 spiro atoms. The van der Waals surface area contributed by atoms with Crippen LogP contribution in [0.25, 0.3) is 0 Å². The second kappa shape index (κ2) is 4.99. The lowest BCUT2D eigenvalue weighted by Gasteiger charge is -1.96. The van der Waals surface area contributed by atoms with E-state index in [2.05, 4.69) is 12.3 Å². The van der Waals surface area contributed by atoms with Crippen LogP contribution in [0.2, 0.25) is 0 Å². The van der Waals surface area contributed by atoms with Gasteiger partial charge < -0.3 is 10.8 Å². The van der Waals surface area contributed by atoms with Gasteiger partial charge in [-0.25, -0.2) is 0 Å². The molecule has 0 bridgehead atoms. The number of phenols is 1. The highest BCUT2D eigenvalue weighted by atomic mass is 35.5. The summed E-state index contributed by atoms with van der Waals surface area (Å²) in [4.78, 5) is 0. The molecule has 11 heavy (non-hydrogen) atoms. The van der Waals surface area contributed by atoms with E-state index in [0.717, 1.165) is 5.56 Å². The molecule has 0 fully saturated rings. The molecule has 62 valence electrons. The molecule has 0 saturated heterocycles. The van der Waals surface area contributed by atoms with Crippen LogP contribution in [0.1, 0.15) is 8.30 Å². The van der Waals surface area contributed by atoms with Gasteiger partial charge in [-0.3, -0.25) is 0 Å². The average molecular weight is 177 g/mol. The fourth-order valence-corrected chi connectivity index (χ4v) is 0.716. The van der Waals surface area contributed by atoms with E-state index in [1.54, 1.807) is 0 Å². The van der Waals surface area contributed by atoms with Crippen LogP contribution in [-0.2, 0) is 6.42 Å². The van der Waals surface area contributed by atoms with Crippen LogP contribution in [0.5, 0.6) is 5.75 Å². The van der Waals surface area contributed by atoms with Gasteiger partial charge in [0.25, 0.3) is 0 Å². The number of hydrogen-bond donors (Lipinski definition) is 2. The molecule has 0 heterocycles. The minimum atomic E-state index is -0.268. The standard InChI is InChI=1S/C8H11NO.ClH/c9-6-5-7-1-3-8(10)4-2-7;/h1-4,10H,5-6,9H2;1H/i3D,4D;/hD. The third-order valence-electron chi connectivity index (χ3n) is 1.22. The zero-order valence-corrected chi connectivity index (χ0v) is 6.73. The summed E-state index contributed by atoms with van der Waals surface area (Å²) in [6.07, 6.45) is 0.637. The van der Waals surface area contributed by atoms with Gasteiger partial charge in [-0.1, -0.05) is 12.1 Å². The molecule has 3 N–H and O–H groups in total. The zero-order valence-electron chi connectivity index (χ0n) is 8.97. The maximum absolute atomic E-state index is 9.09. The summed E-state index contributed by atoms with van der Waals surface area (Å²) in [5.74, 6) is -0.268. The fraction of sp³-hybridized carbons (Fsp3) is 0.250. The van der Waals surface area contributed by atoms with Crippen LogP contribution in [-0.4, -0.2) is 12.8 Å². The van der Waals surface area contributed by atoms with Crippen LogP contribution in [0.4, 0.5) is 0 Å². The summed E-state index contributed by atoms with van der Waals surface area (Å²) >= 11 is 3.89. The van der Waals surface area contributed by atoms with Crippen molar-refractivity contribution in [2.24, 2.45) is 5.73 Å². The monoisotopic (exact) mass is 176 g/mol. The van der Waals surface area contributed by atoms with Gasteiger partial charge in [0.05, 0.1) is 2.74 Å². The molecule has 3 heteroatoms. The van der Waals surface area contributed by atoms with E-state index in [4.69, 9.17) is 14.8 Å². The van der Waals surface area contributed by atoms with Gasteiger partial charge in [-0.05, 0) is 30.6 Å². The number of rotatable bonds is 2. The quantitative estimate of drug-likeness (QED) is 0.714. The third kappa shape index (κ3) is 3.25. The Morgan fingerprint density at radius 1 is 1.55 bits per heavy atom. The summed E-state index contributed by atoms with van der Waals surface area (Å²) in [7, 11) is 0. The maximum Gasteiger partial charge on any atom is 0.147 e. The Kier molecular flexibility index (Phi) is 2.66. The van der Waals surface area contributed by atoms with Crippen LogP contribution < -0.4 is 5.73 Å². The molecule has 2 nitrogen and oxygen atoms in total. The summed E-state index contributed by atoms with van der Waals surface area (Å²) in [5, 5.41) is 9.09. The van der Waals surface area contributed by atoms with Crippen LogP contribution in [0, 0.1) is 0 Å². The number of halogens is 1.